The minimum absolute atomic E-state index is 0.0696. The number of rotatable bonds is 3. The molecule has 0 atom stereocenters. The van der Waals surface area contributed by atoms with Crippen LogP contribution in [0, 0.1) is 5.92 Å². The minimum Gasteiger partial charge on any atom is -0.469 e. The van der Waals surface area contributed by atoms with Crippen LogP contribution in [0.4, 0.5) is 0 Å². The van der Waals surface area contributed by atoms with Crippen LogP contribution in [-0.4, -0.2) is 41.5 Å². The lowest BCUT2D eigenvalue weighted by atomic mass is 9.93. The van der Waals surface area contributed by atoms with E-state index in [1.54, 1.807) is 0 Å². The van der Waals surface area contributed by atoms with Crippen molar-refractivity contribution in [1.29, 1.82) is 0 Å². The molecule has 0 N–H and O–H groups in total. The summed E-state index contributed by atoms with van der Waals surface area (Å²) in [5.41, 5.74) is 1.79. The van der Waals surface area contributed by atoms with E-state index in [1.807, 2.05) is 46.8 Å². The second-order valence-corrected chi connectivity index (χ2v) is 6.16. The number of hydrogen-bond acceptors (Lipinski definition) is 3. The Balaban J connectivity index is 1.69. The highest BCUT2D eigenvalue weighted by Crippen LogP contribution is 2.24. The molecule has 1 fully saturated rings. The van der Waals surface area contributed by atoms with Gasteiger partial charge in [0.2, 0.25) is 0 Å². The van der Waals surface area contributed by atoms with Crippen LogP contribution in [-0.2, 0) is 16.6 Å². The number of piperidine rings is 1. The molecule has 5 heteroatoms. The van der Waals surface area contributed by atoms with Crippen molar-refractivity contribution in [3.8, 4) is 0 Å². The fourth-order valence-electron chi connectivity index (χ4n) is 3.32. The van der Waals surface area contributed by atoms with Crippen molar-refractivity contribution in [3.05, 3.63) is 36.0 Å². The number of hydrogen-bond donors (Lipinski definition) is 0. The van der Waals surface area contributed by atoms with Gasteiger partial charge in [0.1, 0.15) is 5.69 Å². The first-order chi connectivity index (χ1) is 11.1. The third-order valence-corrected chi connectivity index (χ3v) is 4.76. The number of methoxy groups -OCH3 is 1. The predicted octanol–water partition coefficient (Wildman–Crippen LogP) is 2.59. The first-order valence-corrected chi connectivity index (χ1v) is 8.00. The molecule has 23 heavy (non-hydrogen) atoms. The standard InChI is InChI=1S/C18H22N2O3/c1-19-15-6-4-3-5-14(15)12-16(19)18(22)20-9-7-13(8-10-20)11-17(21)23-2/h3-6,12-13H,7-11H2,1-2H3. The first-order valence-electron chi connectivity index (χ1n) is 8.00. The molecular formula is C18H22N2O3. The zero-order valence-electron chi connectivity index (χ0n) is 13.6. The van der Waals surface area contributed by atoms with Crippen LogP contribution in [0.1, 0.15) is 29.8 Å². The molecule has 0 spiro atoms. The van der Waals surface area contributed by atoms with Crippen molar-refractivity contribution < 1.29 is 14.3 Å². The van der Waals surface area contributed by atoms with E-state index < -0.39 is 0 Å². The summed E-state index contributed by atoms with van der Waals surface area (Å²) in [7, 11) is 3.35. The lowest BCUT2D eigenvalue weighted by molar-refractivity contribution is -0.142. The smallest absolute Gasteiger partial charge is 0.305 e. The van der Waals surface area contributed by atoms with Crippen molar-refractivity contribution >= 4 is 22.8 Å². The highest BCUT2D eigenvalue weighted by Gasteiger charge is 2.26. The molecule has 0 saturated carbocycles. The Morgan fingerprint density at radius 3 is 2.57 bits per heavy atom. The molecule has 1 amide bonds. The maximum atomic E-state index is 12.8. The monoisotopic (exact) mass is 314 g/mol. The van der Waals surface area contributed by atoms with Gasteiger partial charge in [-0.3, -0.25) is 9.59 Å². The molecule has 1 aromatic carbocycles. The molecule has 1 aromatic heterocycles. The SMILES string of the molecule is COC(=O)CC1CCN(C(=O)c2cc3ccccc3n2C)CC1. The summed E-state index contributed by atoms with van der Waals surface area (Å²) >= 11 is 0. The normalized spacial score (nSPS) is 15.8. The predicted molar refractivity (Wildman–Crippen MR) is 88.2 cm³/mol. The van der Waals surface area contributed by atoms with Gasteiger partial charge in [-0.25, -0.2) is 0 Å². The number of benzene rings is 1. The zero-order chi connectivity index (χ0) is 16.4. The summed E-state index contributed by atoms with van der Waals surface area (Å²) in [6.07, 6.45) is 2.15. The molecule has 1 saturated heterocycles. The van der Waals surface area contributed by atoms with Crippen molar-refractivity contribution in [2.45, 2.75) is 19.3 Å². The van der Waals surface area contributed by atoms with Gasteiger partial charge in [0.15, 0.2) is 0 Å². The zero-order valence-corrected chi connectivity index (χ0v) is 13.6. The number of aryl methyl sites for hydroxylation is 1. The Morgan fingerprint density at radius 1 is 1.22 bits per heavy atom. The quantitative estimate of drug-likeness (QED) is 0.818. The number of aromatic nitrogens is 1. The van der Waals surface area contributed by atoms with E-state index in [9.17, 15) is 9.59 Å². The van der Waals surface area contributed by atoms with Crippen LogP contribution < -0.4 is 0 Å². The largest absolute Gasteiger partial charge is 0.469 e. The molecule has 0 bridgehead atoms. The molecule has 3 rings (SSSR count). The second-order valence-electron chi connectivity index (χ2n) is 6.16. The van der Waals surface area contributed by atoms with E-state index in [0.29, 0.717) is 25.4 Å². The molecule has 2 heterocycles. The summed E-state index contributed by atoms with van der Waals surface area (Å²) in [4.78, 5) is 26.0. The Bertz CT molecular complexity index is 727. The van der Waals surface area contributed by atoms with Crippen molar-refractivity contribution in [2.75, 3.05) is 20.2 Å². The average Bonchev–Trinajstić information content (AvgIpc) is 2.92. The molecule has 2 aromatic rings. The minimum atomic E-state index is -0.163. The molecule has 0 aliphatic carbocycles. The van der Waals surface area contributed by atoms with E-state index >= 15 is 0 Å². The van der Waals surface area contributed by atoms with Gasteiger partial charge in [-0.1, -0.05) is 18.2 Å². The number of carbonyl (C=O) groups excluding carboxylic acids is 2. The molecule has 5 nitrogen and oxygen atoms in total. The number of ether oxygens (including phenoxy) is 1. The Kier molecular flexibility index (Phi) is 4.37. The van der Waals surface area contributed by atoms with Crippen LogP contribution >= 0.6 is 0 Å². The van der Waals surface area contributed by atoms with Crippen molar-refractivity contribution in [2.24, 2.45) is 13.0 Å². The fraction of sp³-hybridized carbons (Fsp3) is 0.444. The average molecular weight is 314 g/mol. The summed E-state index contributed by atoms with van der Waals surface area (Å²) < 4.78 is 6.68. The van der Waals surface area contributed by atoms with Gasteiger partial charge in [-0.05, 0) is 30.9 Å². The van der Waals surface area contributed by atoms with Crippen LogP contribution in [0.15, 0.2) is 30.3 Å². The molecule has 0 unspecified atom stereocenters. The summed E-state index contributed by atoms with van der Waals surface area (Å²) in [5, 5.41) is 1.08. The molecule has 1 aliphatic heterocycles. The van der Waals surface area contributed by atoms with E-state index in [0.717, 1.165) is 29.4 Å². The van der Waals surface area contributed by atoms with Gasteiger partial charge in [-0.2, -0.15) is 0 Å². The highest BCUT2D eigenvalue weighted by atomic mass is 16.5. The lowest BCUT2D eigenvalue weighted by Gasteiger charge is -2.31. The number of nitrogens with zero attached hydrogens (tertiary/aromatic N) is 2. The van der Waals surface area contributed by atoms with Crippen LogP contribution in [0.3, 0.4) is 0 Å². The van der Waals surface area contributed by atoms with Gasteiger partial charge >= 0.3 is 5.97 Å². The van der Waals surface area contributed by atoms with E-state index in [1.165, 1.54) is 7.11 Å². The topological polar surface area (TPSA) is 51.5 Å². The Morgan fingerprint density at radius 2 is 1.91 bits per heavy atom. The molecule has 0 radical (unpaired) electrons. The van der Waals surface area contributed by atoms with Gasteiger partial charge in [-0.15, -0.1) is 0 Å². The first kappa shape index (κ1) is 15.6. The van der Waals surface area contributed by atoms with Crippen LogP contribution in [0.2, 0.25) is 0 Å². The van der Waals surface area contributed by atoms with Crippen molar-refractivity contribution in [1.82, 2.24) is 9.47 Å². The Hall–Kier alpha value is -2.30. The number of amides is 1. The van der Waals surface area contributed by atoms with Gasteiger partial charge in [0, 0.05) is 37.5 Å². The maximum Gasteiger partial charge on any atom is 0.305 e. The summed E-state index contributed by atoms with van der Waals surface area (Å²) in [6, 6.07) is 9.96. The number of fused-ring (bicyclic) bond motifs is 1. The number of carbonyl (C=O) groups is 2. The molecular weight excluding hydrogens is 292 g/mol. The highest BCUT2D eigenvalue weighted by molar-refractivity contribution is 5.98. The summed E-state index contributed by atoms with van der Waals surface area (Å²) in [5.74, 6) is 0.225. The number of esters is 1. The van der Waals surface area contributed by atoms with Gasteiger partial charge in [0.05, 0.1) is 7.11 Å². The summed E-state index contributed by atoms with van der Waals surface area (Å²) in [6.45, 7) is 1.39. The van der Waals surface area contributed by atoms with Gasteiger partial charge in [0.25, 0.3) is 5.91 Å². The van der Waals surface area contributed by atoms with E-state index in [4.69, 9.17) is 4.74 Å². The number of likely N-dealkylation sites (tertiary alicyclic amines) is 1. The lowest BCUT2D eigenvalue weighted by Crippen LogP contribution is -2.39. The van der Waals surface area contributed by atoms with Gasteiger partial charge < -0.3 is 14.2 Å². The fourth-order valence-corrected chi connectivity index (χ4v) is 3.32. The molecule has 122 valence electrons. The second kappa shape index (κ2) is 6.44. The number of para-hydroxylation sites is 1. The van der Waals surface area contributed by atoms with Crippen LogP contribution in [0.5, 0.6) is 0 Å². The Labute approximate surface area is 135 Å². The third kappa shape index (κ3) is 3.09. The molecule has 1 aliphatic rings. The van der Waals surface area contributed by atoms with Crippen molar-refractivity contribution in [3.63, 3.8) is 0 Å². The maximum absolute atomic E-state index is 12.8. The van der Waals surface area contributed by atoms with Crippen LogP contribution in [0.25, 0.3) is 10.9 Å². The van der Waals surface area contributed by atoms with E-state index in [-0.39, 0.29) is 11.9 Å². The van der Waals surface area contributed by atoms with E-state index in [2.05, 4.69) is 0 Å². The third-order valence-electron chi connectivity index (χ3n) is 4.76.